The summed E-state index contributed by atoms with van der Waals surface area (Å²) < 4.78 is 0. The molecule has 2 heterocycles. The van der Waals surface area contributed by atoms with Crippen LogP contribution in [-0.2, 0) is 4.79 Å². The number of carboxylic acids is 1. The van der Waals surface area contributed by atoms with Gasteiger partial charge in [-0.25, -0.2) is 0 Å². The summed E-state index contributed by atoms with van der Waals surface area (Å²) in [6, 6.07) is 2.70. The molecular weight excluding hydrogens is 246 g/mol. The molecule has 100 valence electrons. The second-order valence-corrected chi connectivity index (χ2v) is 5.92. The van der Waals surface area contributed by atoms with Crippen molar-refractivity contribution in [3.63, 3.8) is 0 Å². The van der Waals surface area contributed by atoms with E-state index >= 15 is 0 Å². The van der Waals surface area contributed by atoms with Crippen molar-refractivity contribution in [1.29, 1.82) is 0 Å². The Hall–Kier alpha value is -0.870. The highest BCUT2D eigenvalue weighted by atomic mass is 32.1. The lowest BCUT2D eigenvalue weighted by Crippen LogP contribution is -2.35. The summed E-state index contributed by atoms with van der Waals surface area (Å²) in [6.45, 7) is 4.46. The molecule has 0 radical (unpaired) electrons. The van der Waals surface area contributed by atoms with Gasteiger partial charge in [0.15, 0.2) is 0 Å². The first-order chi connectivity index (χ1) is 8.66. The Bertz CT molecular complexity index is 369. The minimum absolute atomic E-state index is 0.324. The van der Waals surface area contributed by atoms with E-state index in [1.54, 1.807) is 11.3 Å². The van der Waals surface area contributed by atoms with Crippen LogP contribution in [0.5, 0.6) is 0 Å². The Balaban J connectivity index is 1.78. The van der Waals surface area contributed by atoms with Crippen LogP contribution in [0.4, 0.5) is 0 Å². The number of carboxylic acid groups (broad SMARTS) is 1. The predicted octanol–water partition coefficient (Wildman–Crippen LogP) is 3.39. The van der Waals surface area contributed by atoms with Crippen molar-refractivity contribution in [3.05, 3.63) is 22.4 Å². The van der Waals surface area contributed by atoms with E-state index in [1.165, 1.54) is 5.56 Å². The van der Waals surface area contributed by atoms with Crippen LogP contribution in [0.2, 0.25) is 0 Å². The fourth-order valence-electron chi connectivity index (χ4n) is 2.68. The number of likely N-dealkylation sites (tertiary alicyclic amines) is 1. The summed E-state index contributed by atoms with van der Waals surface area (Å²) in [5.41, 5.74) is 1.41. The van der Waals surface area contributed by atoms with E-state index in [-0.39, 0.29) is 0 Å². The summed E-state index contributed by atoms with van der Waals surface area (Å²) in [4.78, 5) is 13.1. The van der Waals surface area contributed by atoms with Gasteiger partial charge in [0.1, 0.15) is 0 Å². The number of hydrogen-bond acceptors (Lipinski definition) is 3. The van der Waals surface area contributed by atoms with Crippen molar-refractivity contribution in [3.8, 4) is 0 Å². The minimum atomic E-state index is -0.663. The van der Waals surface area contributed by atoms with Crippen molar-refractivity contribution in [2.45, 2.75) is 38.6 Å². The second-order valence-electron chi connectivity index (χ2n) is 5.14. The van der Waals surface area contributed by atoms with Crippen molar-refractivity contribution < 1.29 is 9.90 Å². The molecule has 0 spiro atoms. The van der Waals surface area contributed by atoms with Gasteiger partial charge < -0.3 is 5.11 Å². The zero-order valence-electron chi connectivity index (χ0n) is 10.8. The molecule has 0 saturated carbocycles. The molecule has 3 nitrogen and oxygen atoms in total. The number of hydrogen-bond donors (Lipinski definition) is 1. The summed E-state index contributed by atoms with van der Waals surface area (Å²) in [6.07, 6.45) is 3.45. The number of piperidine rings is 1. The van der Waals surface area contributed by atoms with Gasteiger partial charge in [0.25, 0.3) is 0 Å². The van der Waals surface area contributed by atoms with E-state index in [9.17, 15) is 4.79 Å². The third-order valence-electron chi connectivity index (χ3n) is 3.99. The van der Waals surface area contributed by atoms with Gasteiger partial charge in [-0.15, -0.1) is 0 Å². The first kappa shape index (κ1) is 13.6. The van der Waals surface area contributed by atoms with Crippen LogP contribution in [0, 0.1) is 5.92 Å². The summed E-state index contributed by atoms with van der Waals surface area (Å²) in [7, 11) is 0. The maximum Gasteiger partial charge on any atom is 0.303 e. The van der Waals surface area contributed by atoms with Crippen molar-refractivity contribution in [1.82, 2.24) is 4.90 Å². The minimum Gasteiger partial charge on any atom is -0.481 e. The van der Waals surface area contributed by atoms with Crippen LogP contribution < -0.4 is 0 Å². The fraction of sp³-hybridized carbons (Fsp3) is 0.643. The number of aliphatic carboxylic acids is 1. The molecule has 4 heteroatoms. The Morgan fingerprint density at radius 2 is 2.28 bits per heavy atom. The quantitative estimate of drug-likeness (QED) is 0.889. The third-order valence-corrected chi connectivity index (χ3v) is 4.69. The molecule has 1 N–H and O–H groups in total. The molecule has 0 bridgehead atoms. The van der Waals surface area contributed by atoms with Crippen molar-refractivity contribution in [2.24, 2.45) is 5.92 Å². The largest absolute Gasteiger partial charge is 0.481 e. The molecule has 1 unspecified atom stereocenters. The van der Waals surface area contributed by atoms with Crippen LogP contribution in [0.25, 0.3) is 0 Å². The zero-order valence-corrected chi connectivity index (χ0v) is 11.7. The molecule has 0 amide bonds. The lowest BCUT2D eigenvalue weighted by atomic mass is 9.91. The zero-order chi connectivity index (χ0) is 13.0. The molecule has 1 aromatic rings. The number of rotatable bonds is 5. The van der Waals surface area contributed by atoms with E-state index in [0.717, 1.165) is 32.4 Å². The average molecular weight is 267 g/mol. The van der Waals surface area contributed by atoms with Gasteiger partial charge in [0.2, 0.25) is 0 Å². The van der Waals surface area contributed by atoms with Crippen LogP contribution in [0.15, 0.2) is 16.8 Å². The van der Waals surface area contributed by atoms with Gasteiger partial charge in [0.05, 0.1) is 0 Å². The molecule has 0 aromatic carbocycles. The van der Waals surface area contributed by atoms with E-state index in [2.05, 4.69) is 28.7 Å². The molecule has 1 aliphatic rings. The molecule has 1 aromatic heterocycles. The molecule has 1 fully saturated rings. The van der Waals surface area contributed by atoms with Crippen molar-refractivity contribution in [2.75, 3.05) is 13.1 Å². The highest BCUT2D eigenvalue weighted by molar-refractivity contribution is 7.07. The Morgan fingerprint density at radius 3 is 2.83 bits per heavy atom. The van der Waals surface area contributed by atoms with Gasteiger partial charge >= 0.3 is 5.97 Å². The highest BCUT2D eigenvalue weighted by Gasteiger charge is 2.23. The van der Waals surface area contributed by atoms with Gasteiger partial charge in [-0.1, -0.05) is 0 Å². The van der Waals surface area contributed by atoms with Gasteiger partial charge in [0, 0.05) is 12.5 Å². The van der Waals surface area contributed by atoms with E-state index in [0.29, 0.717) is 18.4 Å². The van der Waals surface area contributed by atoms with Crippen LogP contribution in [-0.4, -0.2) is 29.1 Å². The summed E-state index contributed by atoms with van der Waals surface area (Å²) in [5.74, 6) is -0.0592. The molecule has 0 aliphatic carbocycles. The van der Waals surface area contributed by atoms with Crippen LogP contribution in [0.1, 0.15) is 44.2 Å². The maximum absolute atomic E-state index is 10.6. The molecule has 18 heavy (non-hydrogen) atoms. The molecule has 2 rings (SSSR count). The lowest BCUT2D eigenvalue weighted by Gasteiger charge is -2.35. The number of carbonyl (C=O) groups is 1. The smallest absolute Gasteiger partial charge is 0.303 e. The Morgan fingerprint density at radius 1 is 1.56 bits per heavy atom. The third kappa shape index (κ3) is 3.56. The van der Waals surface area contributed by atoms with E-state index in [1.807, 2.05) is 0 Å². The SMILES string of the molecule is CC(c1ccsc1)N1CCC(CCC(=O)O)CC1. The van der Waals surface area contributed by atoms with Gasteiger partial charge in [-0.3, -0.25) is 9.69 Å². The fourth-order valence-corrected chi connectivity index (χ4v) is 3.43. The molecule has 1 saturated heterocycles. The Labute approximate surface area is 112 Å². The standard InChI is InChI=1S/C14H21NO2S/c1-11(13-6-9-18-10-13)15-7-4-12(5-8-15)2-3-14(16)17/h6,9-12H,2-5,7-8H2,1H3,(H,16,17). The highest BCUT2D eigenvalue weighted by Crippen LogP contribution is 2.29. The van der Waals surface area contributed by atoms with E-state index < -0.39 is 5.97 Å². The van der Waals surface area contributed by atoms with Gasteiger partial charge in [-0.2, -0.15) is 11.3 Å². The monoisotopic (exact) mass is 267 g/mol. The van der Waals surface area contributed by atoms with Gasteiger partial charge in [-0.05, 0) is 67.6 Å². The second kappa shape index (κ2) is 6.34. The number of thiophene rings is 1. The molecule has 1 atom stereocenters. The average Bonchev–Trinajstić information content (AvgIpc) is 2.90. The topological polar surface area (TPSA) is 40.5 Å². The first-order valence-corrected chi connectivity index (χ1v) is 7.59. The summed E-state index contributed by atoms with van der Waals surface area (Å²) >= 11 is 1.75. The Kier molecular flexibility index (Phi) is 4.78. The normalized spacial score (nSPS) is 19.8. The van der Waals surface area contributed by atoms with Crippen LogP contribution in [0.3, 0.4) is 0 Å². The molecular formula is C14H21NO2S. The van der Waals surface area contributed by atoms with Crippen molar-refractivity contribution >= 4 is 17.3 Å². The number of nitrogens with zero attached hydrogens (tertiary/aromatic N) is 1. The van der Waals surface area contributed by atoms with E-state index in [4.69, 9.17) is 5.11 Å². The first-order valence-electron chi connectivity index (χ1n) is 6.64. The molecule has 1 aliphatic heterocycles. The summed E-state index contributed by atoms with van der Waals surface area (Å²) in [5, 5.41) is 13.1. The van der Waals surface area contributed by atoms with Crippen LogP contribution >= 0.6 is 11.3 Å². The maximum atomic E-state index is 10.6. The lowest BCUT2D eigenvalue weighted by molar-refractivity contribution is -0.137. The predicted molar refractivity (Wildman–Crippen MR) is 73.9 cm³/mol.